The van der Waals surface area contributed by atoms with Gasteiger partial charge in [-0.25, -0.2) is 14.6 Å². The monoisotopic (exact) mass is 567 g/mol. The molecule has 0 unspecified atom stereocenters. The van der Waals surface area contributed by atoms with Crippen molar-refractivity contribution in [3.05, 3.63) is 104 Å². The summed E-state index contributed by atoms with van der Waals surface area (Å²) in [4.78, 5) is 29.1. The highest BCUT2D eigenvalue weighted by Crippen LogP contribution is 2.36. The first-order valence-corrected chi connectivity index (χ1v) is 11.8. The van der Waals surface area contributed by atoms with Gasteiger partial charge >= 0.3 is 11.9 Å². The van der Waals surface area contributed by atoms with Crippen LogP contribution in [0.5, 0.6) is 5.75 Å². The van der Waals surface area contributed by atoms with Crippen LogP contribution in [0.25, 0.3) is 6.08 Å². The zero-order valence-electron chi connectivity index (χ0n) is 17.8. The molecule has 1 heterocycles. The summed E-state index contributed by atoms with van der Waals surface area (Å²) >= 11 is 6.88. The SMILES string of the molecule is CC(C)c1ccc(C2=N/C(=C\c3cc(Br)c(OC(=O)c4ccccc4)c(Br)c3)C(=O)O2)cc1. The molecule has 0 saturated carbocycles. The normalized spacial score (nSPS) is 14.4. The van der Waals surface area contributed by atoms with E-state index in [1.165, 1.54) is 5.56 Å². The van der Waals surface area contributed by atoms with Crippen molar-refractivity contribution in [1.29, 1.82) is 0 Å². The Kier molecular flexibility index (Phi) is 6.91. The van der Waals surface area contributed by atoms with Gasteiger partial charge < -0.3 is 9.47 Å². The van der Waals surface area contributed by atoms with Crippen LogP contribution < -0.4 is 4.74 Å². The summed E-state index contributed by atoms with van der Waals surface area (Å²) in [6, 6.07) is 20.0. The van der Waals surface area contributed by atoms with Crippen LogP contribution in [0.1, 0.15) is 46.8 Å². The average molecular weight is 569 g/mol. The number of carbonyl (C=O) groups excluding carboxylic acids is 2. The molecule has 0 aromatic heterocycles. The molecule has 7 heteroatoms. The second-order valence-electron chi connectivity index (χ2n) is 7.68. The molecular formula is C26H19Br2NO4. The van der Waals surface area contributed by atoms with Gasteiger partial charge in [-0.1, -0.05) is 44.2 Å². The quantitative estimate of drug-likeness (QED) is 0.191. The molecule has 0 N–H and O–H groups in total. The Bertz CT molecular complexity index is 1260. The number of benzene rings is 3. The number of rotatable bonds is 5. The first-order chi connectivity index (χ1) is 15.8. The van der Waals surface area contributed by atoms with Crippen LogP contribution in [-0.4, -0.2) is 17.8 Å². The summed E-state index contributed by atoms with van der Waals surface area (Å²) < 4.78 is 12.0. The zero-order chi connectivity index (χ0) is 23.5. The summed E-state index contributed by atoms with van der Waals surface area (Å²) in [5.74, 6) is 0.0295. The van der Waals surface area contributed by atoms with Gasteiger partial charge in [0.05, 0.1) is 14.5 Å². The van der Waals surface area contributed by atoms with Crippen LogP contribution in [0.3, 0.4) is 0 Å². The van der Waals surface area contributed by atoms with E-state index in [-0.39, 0.29) is 11.6 Å². The molecule has 0 saturated heterocycles. The van der Waals surface area contributed by atoms with E-state index < -0.39 is 11.9 Å². The predicted molar refractivity (Wildman–Crippen MR) is 134 cm³/mol. The second kappa shape index (κ2) is 9.85. The van der Waals surface area contributed by atoms with Crippen LogP contribution in [0.2, 0.25) is 0 Å². The number of esters is 2. The van der Waals surface area contributed by atoms with Crippen molar-refractivity contribution in [2.75, 3.05) is 0 Å². The fourth-order valence-electron chi connectivity index (χ4n) is 3.19. The van der Waals surface area contributed by atoms with Gasteiger partial charge in [0.25, 0.3) is 0 Å². The summed E-state index contributed by atoms with van der Waals surface area (Å²) in [5.41, 5.74) is 3.24. The number of cyclic esters (lactones) is 1. The molecule has 0 spiro atoms. The van der Waals surface area contributed by atoms with Crippen molar-refractivity contribution >= 4 is 55.8 Å². The maximum Gasteiger partial charge on any atom is 0.363 e. The fourth-order valence-corrected chi connectivity index (χ4v) is 4.57. The molecule has 0 bridgehead atoms. The van der Waals surface area contributed by atoms with E-state index in [9.17, 15) is 9.59 Å². The summed E-state index contributed by atoms with van der Waals surface area (Å²) in [6.45, 7) is 4.24. The van der Waals surface area contributed by atoms with Gasteiger partial charge in [-0.15, -0.1) is 0 Å². The third kappa shape index (κ3) is 5.31. The molecule has 4 rings (SSSR count). The minimum atomic E-state index is -0.523. The molecule has 0 atom stereocenters. The van der Waals surface area contributed by atoms with E-state index in [0.717, 1.165) is 5.56 Å². The highest BCUT2D eigenvalue weighted by molar-refractivity contribution is 9.11. The molecule has 0 fully saturated rings. The van der Waals surface area contributed by atoms with E-state index in [4.69, 9.17) is 9.47 Å². The lowest BCUT2D eigenvalue weighted by molar-refractivity contribution is -0.129. The summed E-state index contributed by atoms with van der Waals surface area (Å²) in [5, 5.41) is 0. The lowest BCUT2D eigenvalue weighted by Gasteiger charge is -2.10. The van der Waals surface area contributed by atoms with Crippen molar-refractivity contribution in [2.45, 2.75) is 19.8 Å². The van der Waals surface area contributed by atoms with Gasteiger partial charge in [0, 0.05) is 5.56 Å². The van der Waals surface area contributed by atoms with Crippen molar-refractivity contribution in [1.82, 2.24) is 0 Å². The van der Waals surface area contributed by atoms with Gasteiger partial charge in [-0.3, -0.25) is 0 Å². The van der Waals surface area contributed by atoms with Crippen LogP contribution >= 0.6 is 31.9 Å². The van der Waals surface area contributed by atoms with Gasteiger partial charge in [0.2, 0.25) is 5.90 Å². The maximum absolute atomic E-state index is 12.4. The molecule has 1 aliphatic heterocycles. The van der Waals surface area contributed by atoms with Crippen LogP contribution in [0, 0.1) is 0 Å². The highest BCUT2D eigenvalue weighted by atomic mass is 79.9. The maximum atomic E-state index is 12.4. The molecule has 33 heavy (non-hydrogen) atoms. The fraction of sp³-hybridized carbons (Fsp3) is 0.115. The topological polar surface area (TPSA) is 65.0 Å². The smallest absolute Gasteiger partial charge is 0.363 e. The molecule has 5 nitrogen and oxygen atoms in total. The molecule has 166 valence electrons. The van der Waals surface area contributed by atoms with Crippen LogP contribution in [0.15, 0.2) is 86.4 Å². The molecular weight excluding hydrogens is 550 g/mol. The number of nitrogens with zero attached hydrogens (tertiary/aromatic N) is 1. The standard InChI is InChI=1S/C26H19Br2NO4/c1-15(2)17-8-10-18(11-9-17)24-29-22(26(31)33-24)14-16-12-20(27)23(21(28)13-16)32-25(30)19-6-4-3-5-7-19/h3-15H,1-2H3/b22-14-. The van der Waals surface area contributed by atoms with Crippen LogP contribution in [0.4, 0.5) is 0 Å². The lowest BCUT2D eigenvalue weighted by Crippen LogP contribution is -2.09. The molecule has 0 radical (unpaired) electrons. The largest absolute Gasteiger partial charge is 0.421 e. The van der Waals surface area contributed by atoms with Gasteiger partial charge in [0.15, 0.2) is 11.4 Å². The molecule has 3 aromatic carbocycles. The van der Waals surface area contributed by atoms with Gasteiger partial charge in [-0.05, 0) is 91.4 Å². The first kappa shape index (κ1) is 23.1. The Balaban J connectivity index is 1.57. The van der Waals surface area contributed by atoms with Crippen molar-refractivity contribution in [2.24, 2.45) is 4.99 Å². The molecule has 3 aromatic rings. The minimum absolute atomic E-state index is 0.186. The Morgan fingerprint density at radius 1 is 1.00 bits per heavy atom. The van der Waals surface area contributed by atoms with Crippen molar-refractivity contribution < 1.29 is 19.1 Å². The average Bonchev–Trinajstić information content (AvgIpc) is 3.17. The van der Waals surface area contributed by atoms with E-state index in [1.807, 2.05) is 30.3 Å². The summed E-state index contributed by atoms with van der Waals surface area (Å²) in [6.07, 6.45) is 1.62. The van der Waals surface area contributed by atoms with E-state index >= 15 is 0 Å². The Labute approximate surface area is 208 Å². The highest BCUT2D eigenvalue weighted by Gasteiger charge is 2.24. The predicted octanol–water partition coefficient (Wildman–Crippen LogP) is 6.90. The van der Waals surface area contributed by atoms with E-state index in [0.29, 0.717) is 31.7 Å². The van der Waals surface area contributed by atoms with Gasteiger partial charge in [0.1, 0.15) is 0 Å². The Hall–Kier alpha value is -3.03. The third-order valence-electron chi connectivity index (χ3n) is 4.97. The Morgan fingerprint density at radius 2 is 1.64 bits per heavy atom. The second-order valence-corrected chi connectivity index (χ2v) is 9.39. The molecule has 0 amide bonds. The third-order valence-corrected chi connectivity index (χ3v) is 6.15. The first-order valence-electron chi connectivity index (χ1n) is 10.2. The van der Waals surface area contributed by atoms with Crippen molar-refractivity contribution in [3.8, 4) is 5.75 Å². The number of hydrogen-bond donors (Lipinski definition) is 0. The number of ether oxygens (including phenoxy) is 2. The zero-order valence-corrected chi connectivity index (χ0v) is 21.0. The molecule has 1 aliphatic rings. The summed E-state index contributed by atoms with van der Waals surface area (Å²) in [7, 11) is 0. The number of carbonyl (C=O) groups is 2. The van der Waals surface area contributed by atoms with Crippen LogP contribution in [-0.2, 0) is 9.53 Å². The number of halogens is 2. The lowest BCUT2D eigenvalue weighted by atomic mass is 10.0. The van der Waals surface area contributed by atoms with Gasteiger partial charge in [-0.2, -0.15) is 0 Å². The van der Waals surface area contributed by atoms with E-state index in [2.05, 4.69) is 50.7 Å². The molecule has 0 aliphatic carbocycles. The number of aliphatic imine (C=N–C) groups is 1. The Morgan fingerprint density at radius 3 is 2.24 bits per heavy atom. The minimum Gasteiger partial charge on any atom is -0.421 e. The van der Waals surface area contributed by atoms with Crippen molar-refractivity contribution in [3.63, 3.8) is 0 Å². The number of hydrogen-bond acceptors (Lipinski definition) is 5. The van der Waals surface area contributed by atoms with E-state index in [1.54, 1.807) is 42.5 Å².